The van der Waals surface area contributed by atoms with Gasteiger partial charge in [0.05, 0.1) is 0 Å². The first kappa shape index (κ1) is 6.98. The summed E-state index contributed by atoms with van der Waals surface area (Å²) in [6, 6.07) is 14.0. The molecule has 0 bridgehead atoms. The summed E-state index contributed by atoms with van der Waals surface area (Å²) in [6.07, 6.45) is 1.89. The molecule has 60 valence electrons. The second kappa shape index (κ2) is 3.13. The number of aromatic amines is 1. The fourth-order valence-electron chi connectivity index (χ4n) is 1.09. The van der Waals surface area contributed by atoms with Gasteiger partial charge in [0, 0.05) is 11.9 Å². The first-order valence-corrected chi connectivity index (χ1v) is 3.90. The number of H-pyrrole nitrogens is 1. The van der Waals surface area contributed by atoms with Gasteiger partial charge in [-0.1, -0.05) is 18.2 Å². The van der Waals surface area contributed by atoms with E-state index >= 15 is 0 Å². The Hall–Kier alpha value is -1.70. The highest BCUT2D eigenvalue weighted by molar-refractivity contribution is 5.55. The van der Waals surface area contributed by atoms with Crippen LogP contribution in [-0.2, 0) is 0 Å². The summed E-state index contributed by atoms with van der Waals surface area (Å²) in [7, 11) is 0. The number of benzene rings is 1. The van der Waals surface area contributed by atoms with Crippen LogP contribution in [0.4, 0.5) is 11.5 Å². The van der Waals surface area contributed by atoms with E-state index in [1.54, 1.807) is 0 Å². The molecule has 2 aromatic rings. The molecule has 0 unspecified atom stereocenters. The van der Waals surface area contributed by atoms with Crippen molar-refractivity contribution >= 4 is 11.5 Å². The van der Waals surface area contributed by atoms with Crippen LogP contribution in [0.5, 0.6) is 0 Å². The average molecular weight is 158 g/mol. The summed E-state index contributed by atoms with van der Waals surface area (Å²) < 4.78 is 0. The summed E-state index contributed by atoms with van der Waals surface area (Å²) in [5.41, 5.74) is 1.10. The van der Waals surface area contributed by atoms with E-state index in [4.69, 9.17) is 0 Å². The third-order valence-corrected chi connectivity index (χ3v) is 1.65. The molecule has 0 aliphatic rings. The molecule has 2 rings (SSSR count). The van der Waals surface area contributed by atoms with Crippen LogP contribution in [0.3, 0.4) is 0 Å². The summed E-state index contributed by atoms with van der Waals surface area (Å²) in [6.45, 7) is 0. The Morgan fingerprint density at radius 1 is 0.917 bits per heavy atom. The Kier molecular flexibility index (Phi) is 1.82. The van der Waals surface area contributed by atoms with Crippen LogP contribution in [-0.4, -0.2) is 4.98 Å². The van der Waals surface area contributed by atoms with E-state index in [1.165, 1.54) is 0 Å². The van der Waals surface area contributed by atoms with Crippen molar-refractivity contribution in [2.45, 2.75) is 0 Å². The molecule has 0 saturated heterocycles. The van der Waals surface area contributed by atoms with E-state index in [1.807, 2.05) is 48.7 Å². The van der Waals surface area contributed by atoms with Crippen molar-refractivity contribution in [3.05, 3.63) is 48.7 Å². The van der Waals surface area contributed by atoms with Gasteiger partial charge in [0.15, 0.2) is 0 Å². The highest BCUT2D eigenvalue weighted by atomic mass is 15.0. The lowest BCUT2D eigenvalue weighted by atomic mass is 10.3. The number of hydrogen-bond donors (Lipinski definition) is 2. The van der Waals surface area contributed by atoms with Crippen molar-refractivity contribution < 1.29 is 0 Å². The lowest BCUT2D eigenvalue weighted by Gasteiger charge is -2.01. The van der Waals surface area contributed by atoms with Crippen molar-refractivity contribution in [3.8, 4) is 0 Å². The van der Waals surface area contributed by atoms with Crippen molar-refractivity contribution in [1.82, 2.24) is 4.98 Å². The zero-order valence-electron chi connectivity index (χ0n) is 6.62. The molecule has 0 radical (unpaired) electrons. The minimum atomic E-state index is 1.02. The molecular formula is C10H10N2. The van der Waals surface area contributed by atoms with Gasteiger partial charge in [-0.05, 0) is 24.3 Å². The fourth-order valence-corrected chi connectivity index (χ4v) is 1.09. The second-order valence-electron chi connectivity index (χ2n) is 2.57. The molecule has 0 amide bonds. The SMILES string of the molecule is c1ccc(Nc2ccc[nH]2)cc1. The standard InChI is InChI=1S/C10H10N2/c1-2-5-9(6-3-1)12-10-7-4-8-11-10/h1-8,11-12H. The van der Waals surface area contributed by atoms with Crippen molar-refractivity contribution in [2.75, 3.05) is 5.32 Å². The van der Waals surface area contributed by atoms with Crippen LogP contribution < -0.4 is 5.32 Å². The number of aromatic nitrogens is 1. The Balaban J connectivity index is 2.15. The maximum atomic E-state index is 3.23. The lowest BCUT2D eigenvalue weighted by molar-refractivity contribution is 1.38. The van der Waals surface area contributed by atoms with Gasteiger partial charge >= 0.3 is 0 Å². The average Bonchev–Trinajstić information content (AvgIpc) is 2.59. The molecule has 2 nitrogen and oxygen atoms in total. The third-order valence-electron chi connectivity index (χ3n) is 1.65. The molecule has 0 spiro atoms. The zero-order valence-corrected chi connectivity index (χ0v) is 6.62. The summed E-state index contributed by atoms with van der Waals surface area (Å²) in [5, 5.41) is 3.23. The van der Waals surface area contributed by atoms with E-state index in [0.717, 1.165) is 11.5 Å². The van der Waals surface area contributed by atoms with E-state index in [0.29, 0.717) is 0 Å². The summed E-state index contributed by atoms with van der Waals surface area (Å²) >= 11 is 0. The van der Waals surface area contributed by atoms with Crippen LogP contribution in [0.1, 0.15) is 0 Å². The number of nitrogens with one attached hydrogen (secondary N) is 2. The minimum Gasteiger partial charge on any atom is -0.348 e. The van der Waals surface area contributed by atoms with E-state index in [-0.39, 0.29) is 0 Å². The molecule has 2 N–H and O–H groups in total. The highest BCUT2D eigenvalue weighted by Gasteiger charge is 1.90. The monoisotopic (exact) mass is 158 g/mol. The number of hydrogen-bond acceptors (Lipinski definition) is 1. The predicted octanol–water partition coefficient (Wildman–Crippen LogP) is 2.76. The van der Waals surface area contributed by atoms with Crippen LogP contribution in [0.15, 0.2) is 48.7 Å². The Morgan fingerprint density at radius 3 is 2.42 bits per heavy atom. The van der Waals surface area contributed by atoms with Gasteiger partial charge in [0.2, 0.25) is 0 Å². The van der Waals surface area contributed by atoms with Gasteiger partial charge in [0.25, 0.3) is 0 Å². The number of anilines is 2. The normalized spacial score (nSPS) is 9.67. The smallest absolute Gasteiger partial charge is 0.107 e. The van der Waals surface area contributed by atoms with E-state index in [2.05, 4.69) is 10.3 Å². The second-order valence-corrected chi connectivity index (χ2v) is 2.57. The van der Waals surface area contributed by atoms with Gasteiger partial charge in [-0.3, -0.25) is 0 Å². The van der Waals surface area contributed by atoms with Gasteiger partial charge in [0.1, 0.15) is 5.82 Å². The number of rotatable bonds is 2. The molecular weight excluding hydrogens is 148 g/mol. The molecule has 2 heteroatoms. The lowest BCUT2D eigenvalue weighted by Crippen LogP contribution is -1.88. The van der Waals surface area contributed by atoms with Gasteiger partial charge in [-0.2, -0.15) is 0 Å². The van der Waals surface area contributed by atoms with E-state index < -0.39 is 0 Å². The first-order chi connectivity index (χ1) is 5.95. The molecule has 1 heterocycles. The van der Waals surface area contributed by atoms with Crippen molar-refractivity contribution in [3.63, 3.8) is 0 Å². The molecule has 0 atom stereocenters. The fraction of sp³-hybridized carbons (Fsp3) is 0. The molecule has 0 aliphatic carbocycles. The Bertz CT molecular complexity index is 324. The topological polar surface area (TPSA) is 27.8 Å². The van der Waals surface area contributed by atoms with Gasteiger partial charge in [-0.15, -0.1) is 0 Å². The van der Waals surface area contributed by atoms with Crippen molar-refractivity contribution in [1.29, 1.82) is 0 Å². The number of para-hydroxylation sites is 1. The molecule has 1 aromatic carbocycles. The third kappa shape index (κ3) is 1.48. The summed E-state index contributed by atoms with van der Waals surface area (Å²) in [5.74, 6) is 1.02. The first-order valence-electron chi connectivity index (χ1n) is 3.90. The molecule has 1 aromatic heterocycles. The van der Waals surface area contributed by atoms with Crippen LogP contribution in [0.25, 0.3) is 0 Å². The van der Waals surface area contributed by atoms with Crippen LogP contribution >= 0.6 is 0 Å². The minimum absolute atomic E-state index is 1.02. The van der Waals surface area contributed by atoms with Crippen LogP contribution in [0, 0.1) is 0 Å². The summed E-state index contributed by atoms with van der Waals surface area (Å²) in [4.78, 5) is 3.07. The molecule has 0 fully saturated rings. The largest absolute Gasteiger partial charge is 0.348 e. The maximum absolute atomic E-state index is 3.23. The highest BCUT2D eigenvalue weighted by Crippen LogP contribution is 2.12. The van der Waals surface area contributed by atoms with E-state index in [9.17, 15) is 0 Å². The molecule has 12 heavy (non-hydrogen) atoms. The Labute approximate surface area is 71.2 Å². The van der Waals surface area contributed by atoms with Gasteiger partial charge in [-0.25, -0.2) is 0 Å². The predicted molar refractivity (Wildman–Crippen MR) is 50.5 cm³/mol. The Morgan fingerprint density at radius 2 is 1.75 bits per heavy atom. The van der Waals surface area contributed by atoms with Crippen molar-refractivity contribution in [2.24, 2.45) is 0 Å². The van der Waals surface area contributed by atoms with Gasteiger partial charge < -0.3 is 10.3 Å². The maximum Gasteiger partial charge on any atom is 0.107 e. The molecule has 0 aliphatic heterocycles. The quantitative estimate of drug-likeness (QED) is 0.691. The van der Waals surface area contributed by atoms with Crippen LogP contribution in [0.2, 0.25) is 0 Å². The molecule has 0 saturated carbocycles. The zero-order chi connectivity index (χ0) is 8.23.